The molecule has 0 aliphatic carbocycles. The van der Waals surface area contributed by atoms with Crippen LogP contribution in [0.1, 0.15) is 32.9 Å². The fourth-order valence-corrected chi connectivity index (χ4v) is 3.84. The number of carbonyl (C=O) groups is 2. The molecule has 0 saturated carbocycles. The SMILES string of the molecule is Cc1nc(-c2cccnc2)sc1N(C)C(=O)C1CCN1C(=O)OC(C)(C)C. The zero-order chi connectivity index (χ0) is 19.8. The maximum Gasteiger partial charge on any atom is 0.410 e. The summed E-state index contributed by atoms with van der Waals surface area (Å²) in [5.74, 6) is -0.128. The van der Waals surface area contributed by atoms with Crippen LogP contribution in [0.3, 0.4) is 0 Å². The lowest BCUT2D eigenvalue weighted by molar-refractivity contribution is -0.127. The Bertz CT molecular complexity index is 844. The molecule has 0 bridgehead atoms. The highest BCUT2D eigenvalue weighted by Gasteiger charge is 2.41. The van der Waals surface area contributed by atoms with Crippen LogP contribution in [0.5, 0.6) is 0 Å². The number of thiazole rings is 1. The second kappa shape index (κ2) is 7.26. The average molecular weight is 388 g/mol. The molecule has 3 heterocycles. The summed E-state index contributed by atoms with van der Waals surface area (Å²) < 4.78 is 5.39. The van der Waals surface area contributed by atoms with E-state index in [-0.39, 0.29) is 5.91 Å². The summed E-state index contributed by atoms with van der Waals surface area (Å²) >= 11 is 1.44. The molecule has 0 spiro atoms. The van der Waals surface area contributed by atoms with Crippen molar-refractivity contribution in [2.75, 3.05) is 18.5 Å². The number of amides is 2. The zero-order valence-electron chi connectivity index (χ0n) is 16.2. The number of pyridine rings is 1. The van der Waals surface area contributed by atoms with Gasteiger partial charge in [-0.25, -0.2) is 9.78 Å². The molecule has 2 aromatic rings. The fourth-order valence-electron chi connectivity index (χ4n) is 2.82. The van der Waals surface area contributed by atoms with E-state index in [0.29, 0.717) is 13.0 Å². The zero-order valence-corrected chi connectivity index (χ0v) is 17.0. The van der Waals surface area contributed by atoms with E-state index in [9.17, 15) is 9.59 Å². The van der Waals surface area contributed by atoms with Gasteiger partial charge in [-0.3, -0.25) is 14.7 Å². The van der Waals surface area contributed by atoms with Gasteiger partial charge in [0.1, 0.15) is 21.7 Å². The van der Waals surface area contributed by atoms with Crippen LogP contribution in [0.25, 0.3) is 10.6 Å². The lowest BCUT2D eigenvalue weighted by Crippen LogP contribution is -2.59. The largest absolute Gasteiger partial charge is 0.444 e. The van der Waals surface area contributed by atoms with E-state index >= 15 is 0 Å². The highest BCUT2D eigenvalue weighted by atomic mass is 32.1. The minimum absolute atomic E-state index is 0.128. The van der Waals surface area contributed by atoms with Crippen LogP contribution < -0.4 is 4.90 Å². The van der Waals surface area contributed by atoms with Gasteiger partial charge < -0.3 is 9.64 Å². The normalized spacial score (nSPS) is 16.6. The second-order valence-corrected chi connectivity index (χ2v) is 8.50. The minimum atomic E-state index is -0.584. The number of hydrogen-bond acceptors (Lipinski definition) is 6. The van der Waals surface area contributed by atoms with E-state index in [1.807, 2.05) is 39.8 Å². The van der Waals surface area contributed by atoms with E-state index in [0.717, 1.165) is 21.3 Å². The summed E-state index contributed by atoms with van der Waals surface area (Å²) in [5.41, 5.74) is 1.11. The van der Waals surface area contributed by atoms with E-state index in [4.69, 9.17) is 4.74 Å². The monoisotopic (exact) mass is 388 g/mol. The van der Waals surface area contributed by atoms with Crippen LogP contribution in [0.4, 0.5) is 9.80 Å². The molecule has 0 aromatic carbocycles. The molecule has 7 nitrogen and oxygen atoms in total. The van der Waals surface area contributed by atoms with Crippen LogP contribution >= 0.6 is 11.3 Å². The Morgan fingerprint density at radius 2 is 2.11 bits per heavy atom. The molecule has 1 fully saturated rings. The highest BCUT2D eigenvalue weighted by molar-refractivity contribution is 7.19. The number of likely N-dealkylation sites (N-methyl/N-ethyl adjacent to an activating group) is 1. The first-order valence-electron chi connectivity index (χ1n) is 8.82. The molecule has 1 aliphatic rings. The molecule has 3 rings (SSSR count). The summed E-state index contributed by atoms with van der Waals surface area (Å²) in [6.07, 6.45) is 3.65. The summed E-state index contributed by atoms with van der Waals surface area (Å²) in [7, 11) is 1.72. The van der Waals surface area contributed by atoms with E-state index < -0.39 is 17.7 Å². The van der Waals surface area contributed by atoms with Gasteiger partial charge in [-0.05, 0) is 46.2 Å². The molecular weight excluding hydrogens is 364 g/mol. The van der Waals surface area contributed by atoms with Crippen molar-refractivity contribution >= 4 is 28.3 Å². The molecule has 0 radical (unpaired) electrons. The van der Waals surface area contributed by atoms with Gasteiger partial charge in [0.25, 0.3) is 0 Å². The summed E-state index contributed by atoms with van der Waals surface area (Å²) in [6, 6.07) is 3.30. The number of carbonyl (C=O) groups excluding carboxylic acids is 2. The molecule has 2 amide bonds. The first-order chi connectivity index (χ1) is 12.7. The van der Waals surface area contributed by atoms with Crippen molar-refractivity contribution in [3.8, 4) is 10.6 Å². The number of hydrogen-bond donors (Lipinski definition) is 0. The van der Waals surface area contributed by atoms with E-state index in [1.165, 1.54) is 16.2 Å². The molecule has 8 heteroatoms. The highest BCUT2D eigenvalue weighted by Crippen LogP contribution is 2.35. The Labute approximate surface area is 163 Å². The van der Waals surface area contributed by atoms with Crippen LogP contribution in [0.15, 0.2) is 24.5 Å². The van der Waals surface area contributed by atoms with Crippen LogP contribution in [0.2, 0.25) is 0 Å². The van der Waals surface area contributed by atoms with Crippen molar-refractivity contribution < 1.29 is 14.3 Å². The number of ether oxygens (including phenoxy) is 1. The fraction of sp³-hybridized carbons (Fsp3) is 0.474. The first-order valence-corrected chi connectivity index (χ1v) is 9.64. The third-order valence-electron chi connectivity index (χ3n) is 4.25. The van der Waals surface area contributed by atoms with Crippen molar-refractivity contribution in [2.24, 2.45) is 0 Å². The summed E-state index contributed by atoms with van der Waals surface area (Å²) in [4.78, 5) is 37.0. The topological polar surface area (TPSA) is 75.6 Å². The number of anilines is 1. The maximum absolute atomic E-state index is 12.9. The third-order valence-corrected chi connectivity index (χ3v) is 5.53. The predicted molar refractivity (Wildman–Crippen MR) is 105 cm³/mol. The number of aryl methyl sites for hydroxylation is 1. The molecular formula is C19H24N4O3S. The van der Waals surface area contributed by atoms with E-state index in [2.05, 4.69) is 9.97 Å². The van der Waals surface area contributed by atoms with Crippen LogP contribution in [-0.2, 0) is 9.53 Å². The van der Waals surface area contributed by atoms with Crippen molar-refractivity contribution in [3.05, 3.63) is 30.2 Å². The molecule has 144 valence electrons. The van der Waals surface area contributed by atoms with Gasteiger partial charge in [-0.15, -0.1) is 0 Å². The summed E-state index contributed by atoms with van der Waals surface area (Å²) in [6.45, 7) is 7.85. The quantitative estimate of drug-likeness (QED) is 0.805. The van der Waals surface area contributed by atoms with Gasteiger partial charge in [0.2, 0.25) is 5.91 Å². The van der Waals surface area contributed by atoms with Crippen LogP contribution in [-0.4, -0.2) is 52.1 Å². The minimum Gasteiger partial charge on any atom is -0.444 e. The number of likely N-dealkylation sites (tertiary alicyclic amines) is 1. The lowest BCUT2D eigenvalue weighted by atomic mass is 10.0. The molecule has 1 aliphatic heterocycles. The first kappa shape index (κ1) is 19.3. The van der Waals surface area contributed by atoms with Crippen molar-refractivity contribution in [2.45, 2.75) is 45.8 Å². The Balaban J connectivity index is 1.74. The number of nitrogens with zero attached hydrogens (tertiary/aromatic N) is 4. The lowest BCUT2D eigenvalue weighted by Gasteiger charge is -2.41. The molecule has 1 atom stereocenters. The smallest absolute Gasteiger partial charge is 0.410 e. The van der Waals surface area contributed by atoms with Gasteiger partial charge in [0.15, 0.2) is 0 Å². The molecule has 2 aromatic heterocycles. The van der Waals surface area contributed by atoms with Gasteiger partial charge >= 0.3 is 6.09 Å². The molecule has 1 saturated heterocycles. The standard InChI is InChI=1S/C19H24N4O3S/c1-12-17(27-15(21-12)13-7-6-9-20-11-13)22(5)16(24)14-8-10-23(14)18(25)26-19(2,3)4/h6-7,9,11,14H,8,10H2,1-5H3. The molecule has 0 N–H and O–H groups in total. The average Bonchev–Trinajstić information content (AvgIpc) is 2.94. The number of rotatable bonds is 3. The molecule has 27 heavy (non-hydrogen) atoms. The second-order valence-electron chi connectivity index (χ2n) is 7.53. The van der Waals surface area contributed by atoms with Crippen molar-refractivity contribution in [3.63, 3.8) is 0 Å². The van der Waals surface area contributed by atoms with Crippen molar-refractivity contribution in [1.82, 2.24) is 14.9 Å². The Kier molecular flexibility index (Phi) is 5.19. The van der Waals surface area contributed by atoms with Crippen LogP contribution in [0, 0.1) is 6.92 Å². The number of aromatic nitrogens is 2. The molecule has 1 unspecified atom stereocenters. The third kappa shape index (κ3) is 4.10. The predicted octanol–water partition coefficient (Wildman–Crippen LogP) is 3.49. The van der Waals surface area contributed by atoms with Gasteiger partial charge in [0.05, 0.1) is 5.69 Å². The maximum atomic E-state index is 12.9. The Morgan fingerprint density at radius 1 is 1.37 bits per heavy atom. The van der Waals surface area contributed by atoms with Crippen molar-refractivity contribution in [1.29, 1.82) is 0 Å². The Hall–Kier alpha value is -2.48. The van der Waals surface area contributed by atoms with Gasteiger partial charge in [0, 0.05) is 31.5 Å². The summed E-state index contributed by atoms with van der Waals surface area (Å²) in [5, 5.41) is 1.59. The van der Waals surface area contributed by atoms with E-state index in [1.54, 1.807) is 24.3 Å². The van der Waals surface area contributed by atoms with Gasteiger partial charge in [-0.1, -0.05) is 11.3 Å². The Morgan fingerprint density at radius 3 is 2.67 bits per heavy atom. The van der Waals surface area contributed by atoms with Gasteiger partial charge in [-0.2, -0.15) is 0 Å².